The summed E-state index contributed by atoms with van der Waals surface area (Å²) in [6.45, 7) is 1.55. The largest absolute Gasteiger partial charge is 0.366 e. The first-order chi connectivity index (χ1) is 11.1. The van der Waals surface area contributed by atoms with Crippen molar-refractivity contribution in [2.24, 2.45) is 0 Å². The van der Waals surface area contributed by atoms with E-state index in [0.29, 0.717) is 19.7 Å². The van der Waals surface area contributed by atoms with Gasteiger partial charge in [0, 0.05) is 13.1 Å². The smallest absolute Gasteiger partial charge is 0.263 e. The number of hydrogen-bond acceptors (Lipinski definition) is 6. The van der Waals surface area contributed by atoms with Crippen molar-refractivity contribution in [3.63, 3.8) is 0 Å². The van der Waals surface area contributed by atoms with Gasteiger partial charge in [-0.05, 0) is 12.1 Å². The zero-order valence-corrected chi connectivity index (χ0v) is 12.0. The third-order valence-corrected chi connectivity index (χ3v) is 3.29. The number of amides is 1. The molecule has 0 unspecified atom stereocenters. The second-order valence-corrected chi connectivity index (χ2v) is 4.89. The molecule has 1 aromatic heterocycles. The van der Waals surface area contributed by atoms with Crippen LogP contribution in [0.3, 0.4) is 0 Å². The number of halogens is 2. The van der Waals surface area contributed by atoms with Crippen LogP contribution in [0.5, 0.6) is 0 Å². The van der Waals surface area contributed by atoms with Crippen LogP contribution < -0.4 is 10.6 Å². The number of ether oxygens (including phenoxy) is 1. The summed E-state index contributed by atoms with van der Waals surface area (Å²) in [4.78, 5) is 15.8. The fraction of sp³-hybridized carbons (Fsp3) is 0.357. The second-order valence-electron chi connectivity index (χ2n) is 4.89. The topological polar surface area (TPSA) is 89.3 Å². The van der Waals surface area contributed by atoms with Gasteiger partial charge in [0.05, 0.1) is 13.2 Å². The molecule has 2 N–H and O–H groups in total. The average molecular weight is 324 g/mol. The van der Waals surface area contributed by atoms with Gasteiger partial charge < -0.3 is 19.9 Å². The maximum absolute atomic E-state index is 13.6. The van der Waals surface area contributed by atoms with E-state index >= 15 is 0 Å². The van der Waals surface area contributed by atoms with Crippen LogP contribution in [0, 0.1) is 11.6 Å². The summed E-state index contributed by atoms with van der Waals surface area (Å²) >= 11 is 0. The molecule has 0 bridgehead atoms. The van der Waals surface area contributed by atoms with Gasteiger partial charge in [0.25, 0.3) is 11.8 Å². The molecule has 7 nitrogen and oxygen atoms in total. The number of aromatic nitrogens is 2. The maximum atomic E-state index is 13.6. The molecule has 1 amide bonds. The molecule has 1 aliphatic heterocycles. The highest BCUT2D eigenvalue weighted by Crippen LogP contribution is 2.24. The Hall–Kier alpha value is -2.39. The molecule has 1 aliphatic rings. The van der Waals surface area contributed by atoms with E-state index < -0.39 is 23.3 Å². The Morgan fingerprint density at radius 2 is 2.17 bits per heavy atom. The maximum Gasteiger partial charge on any atom is 0.263 e. The van der Waals surface area contributed by atoms with Crippen LogP contribution in [0.4, 0.5) is 8.78 Å². The van der Waals surface area contributed by atoms with E-state index in [0.717, 1.165) is 12.1 Å². The zero-order chi connectivity index (χ0) is 16.2. The number of nitrogens with zero attached hydrogens (tertiary/aromatic N) is 2. The molecule has 3 rings (SSSR count). The van der Waals surface area contributed by atoms with Gasteiger partial charge in [0.15, 0.2) is 5.82 Å². The number of nitrogens with one attached hydrogen (secondary N) is 2. The lowest BCUT2D eigenvalue weighted by atomic mass is 10.2. The molecule has 0 radical (unpaired) electrons. The lowest BCUT2D eigenvalue weighted by Crippen LogP contribution is -2.47. The Morgan fingerprint density at radius 3 is 2.87 bits per heavy atom. The minimum Gasteiger partial charge on any atom is -0.366 e. The summed E-state index contributed by atoms with van der Waals surface area (Å²) in [5, 5.41) is 9.22. The Bertz CT molecular complexity index is 681. The third-order valence-electron chi connectivity index (χ3n) is 3.29. The first-order valence-electron chi connectivity index (χ1n) is 7.02. The van der Waals surface area contributed by atoms with Crippen molar-refractivity contribution < 1.29 is 22.8 Å². The lowest BCUT2D eigenvalue weighted by Gasteiger charge is -2.22. The summed E-state index contributed by atoms with van der Waals surface area (Å²) in [5.41, 5.74) is -0.391. The molecule has 1 aromatic carbocycles. The number of benzene rings is 1. The second kappa shape index (κ2) is 6.80. The Balaban J connectivity index is 1.64. The van der Waals surface area contributed by atoms with Crippen molar-refractivity contribution >= 4 is 5.91 Å². The molecule has 1 saturated heterocycles. The highest BCUT2D eigenvalue weighted by Gasteiger charge is 2.22. The molecular weight excluding hydrogens is 310 g/mol. The Labute approximate surface area is 130 Å². The van der Waals surface area contributed by atoms with E-state index in [1.54, 1.807) is 0 Å². The Morgan fingerprint density at radius 1 is 1.39 bits per heavy atom. The van der Waals surface area contributed by atoms with Crippen molar-refractivity contribution in [1.29, 1.82) is 0 Å². The molecule has 0 saturated carbocycles. The molecule has 2 heterocycles. The summed E-state index contributed by atoms with van der Waals surface area (Å²) in [7, 11) is 0. The SMILES string of the molecule is O=C(NCc1noc(-c2c(F)cccc2F)n1)[C@H]1CNCCO1. The summed E-state index contributed by atoms with van der Waals surface area (Å²) in [5.74, 6) is -2.09. The van der Waals surface area contributed by atoms with Gasteiger partial charge in [-0.15, -0.1) is 0 Å². The van der Waals surface area contributed by atoms with Crippen molar-refractivity contribution in [3.05, 3.63) is 35.7 Å². The number of hydrogen-bond donors (Lipinski definition) is 2. The molecule has 0 aliphatic carbocycles. The minimum atomic E-state index is -0.800. The van der Waals surface area contributed by atoms with Crippen LogP contribution in [-0.4, -0.2) is 41.8 Å². The first kappa shape index (κ1) is 15.5. The lowest BCUT2D eigenvalue weighted by molar-refractivity contribution is -0.134. The van der Waals surface area contributed by atoms with E-state index in [-0.39, 0.29) is 24.2 Å². The van der Waals surface area contributed by atoms with E-state index in [9.17, 15) is 13.6 Å². The van der Waals surface area contributed by atoms with Crippen molar-refractivity contribution in [3.8, 4) is 11.5 Å². The fourth-order valence-corrected chi connectivity index (χ4v) is 2.14. The van der Waals surface area contributed by atoms with E-state index in [4.69, 9.17) is 9.26 Å². The number of morpholine rings is 1. The molecule has 1 atom stereocenters. The van der Waals surface area contributed by atoms with Gasteiger partial charge >= 0.3 is 0 Å². The molecule has 0 spiro atoms. The predicted molar refractivity (Wildman–Crippen MR) is 74.1 cm³/mol. The van der Waals surface area contributed by atoms with Crippen molar-refractivity contribution in [2.75, 3.05) is 19.7 Å². The van der Waals surface area contributed by atoms with E-state index in [1.807, 2.05) is 0 Å². The fourth-order valence-electron chi connectivity index (χ4n) is 2.14. The highest BCUT2D eigenvalue weighted by atomic mass is 19.1. The number of rotatable bonds is 4. The van der Waals surface area contributed by atoms with Gasteiger partial charge in [-0.1, -0.05) is 11.2 Å². The molecular formula is C14H14F2N4O3. The quantitative estimate of drug-likeness (QED) is 0.857. The minimum absolute atomic E-state index is 0.0295. The highest BCUT2D eigenvalue weighted by molar-refractivity contribution is 5.81. The molecule has 23 heavy (non-hydrogen) atoms. The van der Waals surface area contributed by atoms with E-state index in [1.165, 1.54) is 6.07 Å². The van der Waals surface area contributed by atoms with Crippen LogP contribution in [0.2, 0.25) is 0 Å². The zero-order valence-electron chi connectivity index (χ0n) is 12.0. The standard InChI is InChI=1S/C14H14F2N4O3/c15-8-2-1-3-9(16)12(8)14-19-11(20-23-14)7-18-13(21)10-6-17-4-5-22-10/h1-3,10,17H,4-7H2,(H,18,21)/t10-/m1/s1. The van der Waals surface area contributed by atoms with Crippen LogP contribution in [0.1, 0.15) is 5.82 Å². The van der Waals surface area contributed by atoms with Crippen LogP contribution >= 0.6 is 0 Å². The van der Waals surface area contributed by atoms with Gasteiger partial charge in [-0.25, -0.2) is 8.78 Å². The molecule has 1 fully saturated rings. The monoisotopic (exact) mass is 324 g/mol. The molecule has 9 heteroatoms. The van der Waals surface area contributed by atoms with Gasteiger partial charge in [-0.3, -0.25) is 4.79 Å². The predicted octanol–water partition coefficient (Wildman–Crippen LogP) is 0.619. The van der Waals surface area contributed by atoms with Gasteiger partial charge in [0.1, 0.15) is 23.3 Å². The van der Waals surface area contributed by atoms with Crippen molar-refractivity contribution in [1.82, 2.24) is 20.8 Å². The molecule has 2 aromatic rings. The molecule has 122 valence electrons. The van der Waals surface area contributed by atoms with Crippen molar-refractivity contribution in [2.45, 2.75) is 12.6 Å². The normalized spacial score (nSPS) is 17.9. The van der Waals surface area contributed by atoms with Crippen LogP contribution in [0.15, 0.2) is 22.7 Å². The number of carbonyl (C=O) groups excluding carboxylic acids is 1. The number of carbonyl (C=O) groups is 1. The summed E-state index contributed by atoms with van der Waals surface area (Å²) < 4.78 is 37.4. The van der Waals surface area contributed by atoms with Crippen LogP contribution in [0.25, 0.3) is 11.5 Å². The van der Waals surface area contributed by atoms with Gasteiger partial charge in [0.2, 0.25) is 0 Å². The first-order valence-corrected chi connectivity index (χ1v) is 7.02. The van der Waals surface area contributed by atoms with Gasteiger partial charge in [-0.2, -0.15) is 4.98 Å². The summed E-state index contributed by atoms with van der Waals surface area (Å²) in [6, 6.07) is 3.43. The third kappa shape index (κ3) is 3.51. The van der Waals surface area contributed by atoms with E-state index in [2.05, 4.69) is 20.8 Å². The summed E-state index contributed by atoms with van der Waals surface area (Å²) in [6.07, 6.45) is -0.584. The average Bonchev–Trinajstić information content (AvgIpc) is 3.02. The Kier molecular flexibility index (Phi) is 4.58. The van der Waals surface area contributed by atoms with Crippen LogP contribution in [-0.2, 0) is 16.1 Å².